The third-order valence-electron chi connectivity index (χ3n) is 28.2. The molecule has 0 spiro atoms. The molecule has 27 nitrogen and oxygen atoms in total. The van der Waals surface area contributed by atoms with Crippen LogP contribution < -0.4 is 24.5 Å². The van der Waals surface area contributed by atoms with E-state index >= 15 is 0 Å². The van der Waals surface area contributed by atoms with Gasteiger partial charge in [-0.25, -0.2) is 9.59 Å². The Bertz CT molecular complexity index is 7150. The summed E-state index contributed by atoms with van der Waals surface area (Å²) in [6, 6.07) is 54.6. The number of benzene rings is 7. The molecule has 0 unspecified atom stereocenters. The van der Waals surface area contributed by atoms with Crippen LogP contribution in [0.15, 0.2) is 305 Å². The Labute approximate surface area is 863 Å². The lowest BCUT2D eigenvalue weighted by atomic mass is 9.81. The Morgan fingerprint density at radius 3 is 1.12 bits per heavy atom. The van der Waals surface area contributed by atoms with Crippen LogP contribution in [0.2, 0.25) is 0 Å². The van der Waals surface area contributed by atoms with Crippen molar-refractivity contribution in [3.63, 3.8) is 0 Å². The van der Waals surface area contributed by atoms with Crippen molar-refractivity contribution in [3.05, 3.63) is 311 Å². The van der Waals surface area contributed by atoms with E-state index < -0.39 is 53.4 Å². The molecule has 2 fully saturated rings. The van der Waals surface area contributed by atoms with Gasteiger partial charge in [0.25, 0.3) is 59.1 Å². The fourth-order valence-electron chi connectivity index (χ4n) is 19.8. The summed E-state index contributed by atoms with van der Waals surface area (Å²) in [6.45, 7) is 33.9. The highest BCUT2D eigenvalue weighted by Gasteiger charge is 2.47. The highest BCUT2D eigenvalue weighted by molar-refractivity contribution is 8.04. The summed E-state index contributed by atoms with van der Waals surface area (Å²) in [6.07, 6.45) is 25.3. The Morgan fingerprint density at radius 1 is 0.295 bits per heavy atom. The number of allylic oxidation sites excluding steroid dienone is 13. The van der Waals surface area contributed by atoms with E-state index in [1.165, 1.54) is 93.9 Å². The van der Waals surface area contributed by atoms with E-state index in [4.69, 9.17) is 0 Å². The Balaban J connectivity index is 0.000000154. The van der Waals surface area contributed by atoms with Crippen LogP contribution in [0, 0.1) is 34.0 Å². The fraction of sp³-hybridized carbons (Fsp3) is 0.325. The smallest absolute Gasteiger partial charge is 0.333 e. The maximum absolute atomic E-state index is 13.4. The molecule has 0 saturated carbocycles. The molecule has 10 aliphatic rings. The number of imide groups is 7. The molecule has 0 bridgehead atoms. The van der Waals surface area contributed by atoms with Gasteiger partial charge in [-0.15, -0.1) is 0 Å². The number of amides is 14. The van der Waals surface area contributed by atoms with E-state index in [0.29, 0.717) is 52.9 Å². The third kappa shape index (κ3) is 20.3. The Morgan fingerprint density at radius 2 is 0.644 bits per heavy atom. The first-order chi connectivity index (χ1) is 69.7. The van der Waals surface area contributed by atoms with Crippen molar-refractivity contribution in [1.82, 2.24) is 34.3 Å². The summed E-state index contributed by atoms with van der Waals surface area (Å²) in [5, 5.41) is 35.3. The molecule has 14 amide bonds. The van der Waals surface area contributed by atoms with Gasteiger partial charge in [0, 0.05) is 158 Å². The Hall–Kier alpha value is -15.5. The molecular weight excluding hydrogens is 1870 g/mol. The number of carbonyl (C=O) groups excluding carboxylic acids is 12. The molecule has 752 valence electrons. The average molecular weight is 2000 g/mol. The highest BCUT2D eigenvalue weighted by Crippen LogP contribution is 2.54. The van der Waals surface area contributed by atoms with Crippen LogP contribution in [0.5, 0.6) is 0 Å². The monoisotopic (exact) mass is 2000 g/mol. The number of thioether (sulfide) groups is 2. The second-order valence-corrected chi connectivity index (χ2v) is 40.4. The van der Waals surface area contributed by atoms with Gasteiger partial charge in [0.05, 0.1) is 27.1 Å². The van der Waals surface area contributed by atoms with Crippen LogP contribution >= 0.6 is 23.5 Å². The third-order valence-corrected chi connectivity index (χ3v) is 30.5. The first-order valence-corrected chi connectivity index (χ1v) is 51.0. The fourth-order valence-corrected chi connectivity index (χ4v) is 21.9. The van der Waals surface area contributed by atoms with Crippen LogP contribution in [0.1, 0.15) is 172 Å². The van der Waals surface area contributed by atoms with Crippen molar-refractivity contribution in [3.8, 4) is 18.2 Å². The molecule has 2 saturated heterocycles. The number of hydrogen-bond acceptors (Lipinski definition) is 22. The van der Waals surface area contributed by atoms with E-state index in [1.54, 1.807) is 63.4 Å². The second-order valence-electron chi connectivity index (χ2n) is 38.3. The minimum atomic E-state index is -0.623. The molecule has 7 aromatic carbocycles. The number of fused-ring (bicyclic) bond motifs is 9. The molecule has 0 radical (unpaired) electrons. The van der Waals surface area contributed by atoms with Gasteiger partial charge in [-0.3, -0.25) is 82.2 Å². The summed E-state index contributed by atoms with van der Waals surface area (Å²) in [5.74, 6) is -4.81. The van der Waals surface area contributed by atoms with Crippen molar-refractivity contribution in [2.45, 2.75) is 181 Å². The number of hydrogen-bond donors (Lipinski definition) is 0. The maximum atomic E-state index is 13.4. The predicted octanol–water partition coefficient (Wildman–Crippen LogP) is 21.1. The lowest BCUT2D eigenvalue weighted by molar-refractivity contribution is -0.142. The molecule has 0 atom stereocenters. The molecule has 29 heteroatoms. The van der Waals surface area contributed by atoms with Crippen LogP contribution in [0.4, 0.5) is 38.0 Å². The van der Waals surface area contributed by atoms with E-state index in [1.807, 2.05) is 136 Å². The number of rotatable bonds is 19. The number of para-hydroxylation sites is 3. The van der Waals surface area contributed by atoms with Crippen molar-refractivity contribution in [2.24, 2.45) is 0 Å². The van der Waals surface area contributed by atoms with Gasteiger partial charge in [-0.2, -0.15) is 15.8 Å². The maximum Gasteiger partial charge on any atom is 0.333 e. The molecule has 0 aliphatic carbocycles. The molecule has 10 aliphatic heterocycles. The van der Waals surface area contributed by atoms with Crippen molar-refractivity contribution >= 4 is 145 Å². The van der Waals surface area contributed by atoms with Gasteiger partial charge in [-0.05, 0) is 207 Å². The SMILES string of the molecule is CCCCN1C(=O)C(C#N)=C(C)/C(=C/C=C2/N(CCCC)c3ccc4ccccc4c3C2(C)C)C1=O.CCCCN1C(=O)C(C#N)=C(C)/C(=C/C=C2/N(CCCC)c3ccccc3C2(C)C)C1=O.CCN1C(=O)C(C#N)=C(C)/C(=C/C=C2\Sc3ccccc3N2CC)C1=O.CN1C(=O)C(=C/C=C2/N(C)c3c(ccc4ccccc34)C2(C)C)C(=O)N(C)C1=O.CN1C(=O)C(=C/C=C2\Sc3ccccc3N2C)C(=O)N(C)C1=O. The molecule has 0 N–H and O–H groups in total. The summed E-state index contributed by atoms with van der Waals surface area (Å²) >= 11 is 3.21. The van der Waals surface area contributed by atoms with Gasteiger partial charge in [0.1, 0.15) is 46.1 Å². The zero-order valence-electron chi connectivity index (χ0n) is 87.0. The Kier molecular flexibility index (Phi) is 33.4. The first-order valence-electron chi connectivity index (χ1n) is 49.4. The lowest BCUT2D eigenvalue weighted by Crippen LogP contribution is -2.53. The molecule has 7 aromatic rings. The second kappa shape index (κ2) is 45.2. The molecule has 17 rings (SSSR count). The molecular formula is C117H125N15O12S2. The number of anilines is 5. The summed E-state index contributed by atoms with van der Waals surface area (Å²) in [5.41, 5.74) is 14.6. The van der Waals surface area contributed by atoms with Crippen LogP contribution in [-0.4, -0.2) is 187 Å². The number of carbonyl (C=O) groups is 12. The number of nitriles is 3. The van der Waals surface area contributed by atoms with Crippen molar-refractivity contribution < 1.29 is 57.5 Å². The van der Waals surface area contributed by atoms with Crippen LogP contribution in [0.3, 0.4) is 0 Å². The minimum absolute atomic E-state index is 0.0212. The standard InChI is InChI=1S/C31H35N3O2.C27H33N3O2.C23H23N3O3.C20H19N3O2S.C16H15N3O3S/c1-6-8-18-33-26-16-14-22-12-10-11-13-24(22)28(26)31(4,5)27(33)17-15-23-21(3)25(20-32)30(36)34(29(23)35)19-9-7-2;1-6-8-16-29-23-13-11-10-12-22(23)27(4,5)24(29)15-14-20-19(3)21(18-28)26(32)30(25(20)31)17-9-7-2;1-23(2)17-12-10-14-8-6-7-9-15(14)19(17)24(3)18(23)13-11-16-20(27)25(4)22(29)26(5)21(16)28;1-4-22-16-8-6-7-9-17(16)26-18(22)11-10-14-13(3)15(12-21)20(25)23(5-2)19(14)24;1-17-11-6-4-5-7-12(11)23-13(17)9-8-10-14(20)18(2)16(22)19(3)15(10)21/h10-17H,6-9,18-19H2,1-5H3;10-15H,6-9,16-17H2,1-5H3;6-13H,1-5H3;6-11H,4-5H2,1-3H3;4-9H,1-3H3/b23-15-,27-17+;20-14-,24-15+;18-13+;14-10-,18-11-;13-9-. The normalized spacial score (nSPS) is 20.0. The quantitative estimate of drug-likeness (QED) is 0.0412. The number of urea groups is 2. The average Bonchev–Trinajstić information content (AvgIpc) is 1.57. The summed E-state index contributed by atoms with van der Waals surface area (Å²) in [7, 11) is 9.40. The van der Waals surface area contributed by atoms with E-state index in [9.17, 15) is 73.3 Å². The lowest BCUT2D eigenvalue weighted by Gasteiger charge is -2.29. The van der Waals surface area contributed by atoms with Gasteiger partial charge in [-0.1, -0.05) is 228 Å². The van der Waals surface area contributed by atoms with E-state index in [0.717, 1.165) is 149 Å². The number of unbranched alkanes of at least 4 members (excludes halogenated alkanes) is 4. The largest absolute Gasteiger partial charge is 0.347 e. The summed E-state index contributed by atoms with van der Waals surface area (Å²) < 4.78 is 0. The van der Waals surface area contributed by atoms with Gasteiger partial charge in [0.15, 0.2) is 0 Å². The van der Waals surface area contributed by atoms with Gasteiger partial charge >= 0.3 is 12.1 Å². The number of barbiturate groups is 2. The van der Waals surface area contributed by atoms with Crippen molar-refractivity contribution in [1.29, 1.82) is 15.8 Å². The number of likely N-dealkylation sites (N-methyl/N-ethyl adjacent to an activating group) is 6. The first kappa shape index (κ1) is 108. The molecule has 146 heavy (non-hydrogen) atoms. The van der Waals surface area contributed by atoms with E-state index in [-0.39, 0.29) is 68.4 Å². The van der Waals surface area contributed by atoms with Gasteiger partial charge < -0.3 is 24.5 Å². The highest BCUT2D eigenvalue weighted by atomic mass is 32.2. The molecule has 0 aromatic heterocycles. The number of nitrogens with zero attached hydrogens (tertiary/aromatic N) is 15. The predicted molar refractivity (Wildman–Crippen MR) is 576 cm³/mol. The minimum Gasteiger partial charge on any atom is -0.347 e. The van der Waals surface area contributed by atoms with Crippen LogP contribution in [-0.2, 0) is 64.2 Å². The molecule has 10 heterocycles. The van der Waals surface area contributed by atoms with E-state index in [2.05, 4.69) is 179 Å². The topological polar surface area (TPSA) is 315 Å². The van der Waals surface area contributed by atoms with Crippen LogP contribution in [0.25, 0.3) is 21.5 Å². The van der Waals surface area contributed by atoms with Crippen molar-refractivity contribution in [2.75, 3.05) is 106 Å². The zero-order valence-corrected chi connectivity index (χ0v) is 88.6. The zero-order chi connectivity index (χ0) is 106. The van der Waals surface area contributed by atoms with Gasteiger partial charge in [0.2, 0.25) is 0 Å². The summed E-state index contributed by atoms with van der Waals surface area (Å²) in [4.78, 5) is 170.